The predicted octanol–water partition coefficient (Wildman–Crippen LogP) is 4.15. The van der Waals surface area contributed by atoms with Gasteiger partial charge in [-0.1, -0.05) is 83.9 Å². The summed E-state index contributed by atoms with van der Waals surface area (Å²) < 4.78 is 11.9. The van der Waals surface area contributed by atoms with Gasteiger partial charge in [0.1, 0.15) is 6.17 Å². The molecule has 6 nitrogen and oxygen atoms in total. The van der Waals surface area contributed by atoms with E-state index in [1.807, 2.05) is 57.3 Å². The Morgan fingerprint density at radius 3 is 2.19 bits per heavy atom. The molecule has 0 atom stereocenters. The van der Waals surface area contributed by atoms with Crippen LogP contribution in [0.1, 0.15) is 50.8 Å². The van der Waals surface area contributed by atoms with Crippen LogP contribution in [-0.4, -0.2) is 34.4 Å². The first-order valence-electron chi connectivity index (χ1n) is 9.07. The van der Waals surface area contributed by atoms with Crippen molar-refractivity contribution >= 4 is 57.0 Å². The highest BCUT2D eigenvalue weighted by molar-refractivity contribution is 14.1. The predicted molar refractivity (Wildman–Crippen MR) is 124 cm³/mol. The zero-order valence-electron chi connectivity index (χ0n) is 15.9. The molecule has 0 aliphatic heterocycles. The van der Waals surface area contributed by atoms with E-state index in [2.05, 4.69) is 17.6 Å². The van der Waals surface area contributed by atoms with E-state index < -0.39 is 6.17 Å². The van der Waals surface area contributed by atoms with Gasteiger partial charge in [0.15, 0.2) is 11.5 Å². The third-order valence-electron chi connectivity index (χ3n) is 3.88. The van der Waals surface area contributed by atoms with Crippen LogP contribution >= 0.6 is 45.2 Å². The van der Waals surface area contributed by atoms with Crippen molar-refractivity contribution in [1.29, 1.82) is 0 Å². The van der Waals surface area contributed by atoms with Gasteiger partial charge >= 0.3 is 0 Å². The van der Waals surface area contributed by atoms with Gasteiger partial charge in [-0.2, -0.15) is 0 Å². The average molecular weight is 602 g/mol. The zero-order chi connectivity index (χ0) is 20.1. The molecule has 2 amide bonds. The lowest BCUT2D eigenvalue weighted by Crippen LogP contribution is -2.41. The van der Waals surface area contributed by atoms with E-state index in [1.165, 1.54) is 19.3 Å². The van der Waals surface area contributed by atoms with Crippen molar-refractivity contribution < 1.29 is 19.1 Å². The summed E-state index contributed by atoms with van der Waals surface area (Å²) in [5.41, 5.74) is 0.735. The van der Waals surface area contributed by atoms with Gasteiger partial charge < -0.3 is 20.1 Å². The molecule has 8 heteroatoms. The van der Waals surface area contributed by atoms with Crippen molar-refractivity contribution in [3.8, 4) is 11.5 Å². The molecule has 0 aliphatic rings. The largest absolute Gasteiger partial charge is 0.493 e. The van der Waals surface area contributed by atoms with Gasteiger partial charge in [-0.3, -0.25) is 9.59 Å². The first-order chi connectivity index (χ1) is 13.0. The van der Waals surface area contributed by atoms with Crippen molar-refractivity contribution in [2.45, 2.75) is 45.2 Å². The molecule has 0 saturated carbocycles. The van der Waals surface area contributed by atoms with Crippen LogP contribution in [0.4, 0.5) is 0 Å². The van der Waals surface area contributed by atoms with Crippen LogP contribution in [0.5, 0.6) is 11.5 Å². The molecule has 1 aromatic carbocycles. The van der Waals surface area contributed by atoms with Crippen molar-refractivity contribution in [3.05, 3.63) is 23.8 Å². The second-order valence-corrected chi connectivity index (χ2v) is 7.53. The monoisotopic (exact) mass is 602 g/mol. The van der Waals surface area contributed by atoms with Crippen molar-refractivity contribution in [1.82, 2.24) is 10.6 Å². The quantitative estimate of drug-likeness (QED) is 0.154. The molecule has 0 radical (unpaired) electrons. The van der Waals surface area contributed by atoms with Crippen LogP contribution in [0.3, 0.4) is 0 Å². The summed E-state index contributed by atoms with van der Waals surface area (Å²) in [4.78, 5) is 23.6. The fourth-order valence-electron chi connectivity index (χ4n) is 2.47. The maximum atomic E-state index is 11.8. The van der Waals surface area contributed by atoms with E-state index in [-0.39, 0.29) is 11.8 Å². The fourth-order valence-corrected chi connectivity index (χ4v) is 2.91. The Balaban J connectivity index is 2.80. The van der Waals surface area contributed by atoms with Crippen LogP contribution < -0.4 is 20.1 Å². The smallest absolute Gasteiger partial charge is 0.231 e. The van der Waals surface area contributed by atoms with Gasteiger partial charge in [-0.05, 0) is 24.1 Å². The maximum Gasteiger partial charge on any atom is 0.231 e. The van der Waals surface area contributed by atoms with Gasteiger partial charge in [0.25, 0.3) is 0 Å². The lowest BCUT2D eigenvalue weighted by atomic mass is 10.1. The number of methoxy groups -OCH3 is 1. The number of rotatable bonds is 13. The Hall–Kier alpha value is -0.780. The Bertz CT molecular complexity index is 581. The number of benzene rings is 1. The summed E-state index contributed by atoms with van der Waals surface area (Å²) in [5, 5.41) is 5.63. The van der Waals surface area contributed by atoms with Crippen molar-refractivity contribution in [2.75, 3.05) is 22.6 Å². The van der Waals surface area contributed by atoms with Gasteiger partial charge in [0.05, 0.1) is 22.6 Å². The number of unbranched alkanes of at least 4 members (excludes halogenated alkanes) is 4. The normalized spacial score (nSPS) is 10.6. The molecule has 2 N–H and O–H groups in total. The van der Waals surface area contributed by atoms with Crippen LogP contribution in [0.2, 0.25) is 0 Å². The number of hydrogen-bond donors (Lipinski definition) is 2. The lowest BCUT2D eigenvalue weighted by molar-refractivity contribution is -0.121. The lowest BCUT2D eigenvalue weighted by Gasteiger charge is -2.21. The van der Waals surface area contributed by atoms with Crippen LogP contribution in [-0.2, 0) is 9.59 Å². The molecule has 0 saturated heterocycles. The summed E-state index contributed by atoms with van der Waals surface area (Å²) in [6, 6.07) is 5.44. The van der Waals surface area contributed by atoms with E-state index in [0.717, 1.165) is 18.4 Å². The van der Waals surface area contributed by atoms with Crippen LogP contribution in [0.15, 0.2) is 18.2 Å². The van der Waals surface area contributed by atoms with E-state index >= 15 is 0 Å². The van der Waals surface area contributed by atoms with Crippen LogP contribution in [0, 0.1) is 0 Å². The van der Waals surface area contributed by atoms with Crippen molar-refractivity contribution in [2.24, 2.45) is 0 Å². The number of alkyl halides is 2. The molecule has 0 spiro atoms. The molecular formula is C19H28I2N2O4. The highest BCUT2D eigenvalue weighted by atomic mass is 127. The Morgan fingerprint density at radius 2 is 1.63 bits per heavy atom. The Labute approximate surface area is 188 Å². The van der Waals surface area contributed by atoms with Gasteiger partial charge in [-0.15, -0.1) is 0 Å². The second kappa shape index (κ2) is 14.3. The van der Waals surface area contributed by atoms with E-state index in [4.69, 9.17) is 9.47 Å². The number of hydrogen-bond acceptors (Lipinski definition) is 4. The van der Waals surface area contributed by atoms with E-state index in [1.54, 1.807) is 13.2 Å². The molecule has 27 heavy (non-hydrogen) atoms. The molecule has 0 fully saturated rings. The number of halogens is 2. The fraction of sp³-hybridized carbons (Fsp3) is 0.579. The van der Waals surface area contributed by atoms with Crippen molar-refractivity contribution in [3.63, 3.8) is 0 Å². The third kappa shape index (κ3) is 9.31. The highest BCUT2D eigenvalue weighted by Gasteiger charge is 2.18. The standard InChI is InChI=1S/C19H28I2N2O4/c1-3-4-5-6-7-10-27-15-9-8-14(11-16(15)26-2)19(22-17(24)12-20)23-18(25)13-21/h8-9,11,19H,3-7,10,12-13H2,1-2H3,(H,22,24)(H,23,25). The van der Waals surface area contributed by atoms with E-state index in [0.29, 0.717) is 27.0 Å². The maximum absolute atomic E-state index is 11.8. The van der Waals surface area contributed by atoms with Crippen LogP contribution in [0.25, 0.3) is 0 Å². The molecule has 0 unspecified atom stereocenters. The molecular weight excluding hydrogens is 574 g/mol. The molecule has 1 aromatic rings. The molecule has 0 bridgehead atoms. The second-order valence-electron chi connectivity index (χ2n) is 6.01. The summed E-state index contributed by atoms with van der Waals surface area (Å²) >= 11 is 3.97. The first-order valence-corrected chi connectivity index (χ1v) is 12.1. The molecule has 1 rings (SSSR count). The molecule has 0 heterocycles. The Kier molecular flexibility index (Phi) is 12.8. The third-order valence-corrected chi connectivity index (χ3v) is 5.27. The number of amides is 2. The minimum absolute atomic E-state index is 0.152. The summed E-state index contributed by atoms with van der Waals surface area (Å²) in [6.45, 7) is 2.83. The SMILES string of the molecule is CCCCCCCOc1ccc(C(NC(=O)CI)NC(=O)CI)cc1OC. The number of carbonyl (C=O) groups excluding carboxylic acids is 2. The zero-order valence-corrected chi connectivity index (χ0v) is 20.2. The average Bonchev–Trinajstić information content (AvgIpc) is 2.69. The highest BCUT2D eigenvalue weighted by Crippen LogP contribution is 2.30. The molecule has 0 aliphatic carbocycles. The Morgan fingerprint density at radius 1 is 1.00 bits per heavy atom. The van der Waals surface area contributed by atoms with E-state index in [9.17, 15) is 9.59 Å². The minimum Gasteiger partial charge on any atom is -0.493 e. The molecule has 152 valence electrons. The summed E-state index contributed by atoms with van der Waals surface area (Å²) in [5.74, 6) is 0.941. The number of ether oxygens (including phenoxy) is 2. The van der Waals surface area contributed by atoms with Gasteiger partial charge in [0.2, 0.25) is 11.8 Å². The topological polar surface area (TPSA) is 76.7 Å². The first kappa shape index (κ1) is 24.3. The molecule has 0 aromatic heterocycles. The number of carbonyl (C=O) groups is 2. The minimum atomic E-state index is -0.605. The summed E-state index contributed by atoms with van der Waals surface area (Å²) in [6.07, 6.45) is 5.26. The van der Waals surface area contributed by atoms with Gasteiger partial charge in [-0.25, -0.2) is 0 Å². The summed E-state index contributed by atoms with van der Waals surface area (Å²) in [7, 11) is 1.58. The number of nitrogens with one attached hydrogen (secondary N) is 2. The van der Waals surface area contributed by atoms with Gasteiger partial charge in [0, 0.05) is 0 Å².